The van der Waals surface area contributed by atoms with Gasteiger partial charge in [0.15, 0.2) is 0 Å². The van der Waals surface area contributed by atoms with Gasteiger partial charge in [0.2, 0.25) is 0 Å². The molecule has 18 heavy (non-hydrogen) atoms. The van der Waals surface area contributed by atoms with Crippen molar-refractivity contribution in [2.24, 2.45) is 0 Å². The lowest BCUT2D eigenvalue weighted by Gasteiger charge is -2.25. The second-order valence-electron chi connectivity index (χ2n) is 5.22. The Balaban J connectivity index is 2.21. The van der Waals surface area contributed by atoms with E-state index in [0.717, 1.165) is 25.0 Å². The molecule has 0 aliphatic carbocycles. The smallest absolute Gasteiger partial charge is 0.115 e. The number of hydrogen-bond acceptors (Lipinski definition) is 2. The molecule has 1 rings (SSSR count). The zero-order chi connectivity index (χ0) is 13.2. The fourth-order valence-electron chi connectivity index (χ4n) is 2.27. The molecular weight excluding hydrogens is 222 g/mol. The zero-order valence-electron chi connectivity index (χ0n) is 11.7. The summed E-state index contributed by atoms with van der Waals surface area (Å²) in [5.74, 6) is 5.93. The molecule has 0 radical (unpaired) electrons. The summed E-state index contributed by atoms with van der Waals surface area (Å²) in [6.07, 6.45) is 7.67. The summed E-state index contributed by atoms with van der Waals surface area (Å²) in [7, 11) is 0. The Morgan fingerprint density at radius 1 is 1.28 bits per heavy atom. The first kappa shape index (κ1) is 15.3. The van der Waals surface area contributed by atoms with Crippen molar-refractivity contribution in [1.82, 2.24) is 4.90 Å². The molecule has 0 spiro atoms. The van der Waals surface area contributed by atoms with Crippen LogP contribution in [0.3, 0.4) is 0 Å². The molecule has 1 aliphatic rings. The van der Waals surface area contributed by atoms with Crippen LogP contribution in [-0.2, 0) is 0 Å². The van der Waals surface area contributed by atoms with E-state index in [1.165, 1.54) is 45.2 Å². The maximum absolute atomic E-state index is 9.70. The Labute approximate surface area is 112 Å². The van der Waals surface area contributed by atoms with E-state index in [0.29, 0.717) is 0 Å². The molecule has 1 aliphatic heterocycles. The van der Waals surface area contributed by atoms with E-state index in [9.17, 15) is 5.11 Å². The minimum atomic E-state index is -0.477. The third-order valence-electron chi connectivity index (χ3n) is 3.36. The van der Waals surface area contributed by atoms with E-state index in [-0.39, 0.29) is 0 Å². The molecule has 0 aromatic carbocycles. The van der Waals surface area contributed by atoms with Gasteiger partial charge in [0.1, 0.15) is 6.10 Å². The predicted octanol–water partition coefficient (Wildman–Crippen LogP) is 2.97. The number of aliphatic hydroxyl groups is 1. The molecule has 0 amide bonds. The number of rotatable bonds is 6. The van der Waals surface area contributed by atoms with Crippen molar-refractivity contribution in [1.29, 1.82) is 0 Å². The Morgan fingerprint density at radius 3 is 2.67 bits per heavy atom. The van der Waals surface area contributed by atoms with Gasteiger partial charge in [-0.25, -0.2) is 0 Å². The topological polar surface area (TPSA) is 23.5 Å². The number of likely N-dealkylation sites (tertiary alicyclic amines) is 1. The van der Waals surface area contributed by atoms with Crippen LogP contribution in [0.15, 0.2) is 12.2 Å². The molecule has 102 valence electrons. The van der Waals surface area contributed by atoms with E-state index >= 15 is 0 Å². The van der Waals surface area contributed by atoms with Gasteiger partial charge in [0.05, 0.1) is 0 Å². The first-order valence-electron chi connectivity index (χ1n) is 7.32. The number of aliphatic hydroxyl groups excluding tert-OH is 1. The van der Waals surface area contributed by atoms with Crippen LogP contribution in [-0.4, -0.2) is 35.7 Å². The monoisotopic (exact) mass is 249 g/mol. The van der Waals surface area contributed by atoms with Crippen LogP contribution >= 0.6 is 0 Å². The number of hydrogen-bond donors (Lipinski definition) is 1. The molecule has 1 fully saturated rings. The SMILES string of the molecule is C=C(C#CC(O)CCCCC)CN1CCCCC1. The molecule has 2 nitrogen and oxygen atoms in total. The van der Waals surface area contributed by atoms with Crippen LogP contribution in [0.5, 0.6) is 0 Å². The summed E-state index contributed by atoms with van der Waals surface area (Å²) >= 11 is 0. The first-order chi connectivity index (χ1) is 8.72. The molecule has 1 N–H and O–H groups in total. The second kappa shape index (κ2) is 9.19. The van der Waals surface area contributed by atoms with E-state index in [1.807, 2.05) is 0 Å². The van der Waals surface area contributed by atoms with Gasteiger partial charge in [-0.3, -0.25) is 4.90 Å². The molecule has 2 heteroatoms. The van der Waals surface area contributed by atoms with Gasteiger partial charge >= 0.3 is 0 Å². The average Bonchev–Trinajstić information content (AvgIpc) is 2.38. The van der Waals surface area contributed by atoms with E-state index < -0.39 is 6.10 Å². The molecule has 1 saturated heterocycles. The van der Waals surface area contributed by atoms with Gasteiger partial charge in [-0.15, -0.1) is 0 Å². The van der Waals surface area contributed by atoms with Gasteiger partial charge in [0, 0.05) is 12.1 Å². The number of unbranched alkanes of at least 4 members (excludes halogenated alkanes) is 2. The van der Waals surface area contributed by atoms with Gasteiger partial charge in [0.25, 0.3) is 0 Å². The predicted molar refractivity (Wildman–Crippen MR) is 77.4 cm³/mol. The minimum Gasteiger partial charge on any atom is -0.380 e. The van der Waals surface area contributed by atoms with Crippen LogP contribution in [0.1, 0.15) is 51.9 Å². The Bertz CT molecular complexity index is 294. The molecule has 1 atom stereocenters. The molecule has 0 bridgehead atoms. The van der Waals surface area contributed by atoms with Crippen molar-refractivity contribution in [3.8, 4) is 11.8 Å². The van der Waals surface area contributed by atoms with E-state index in [1.54, 1.807) is 0 Å². The van der Waals surface area contributed by atoms with Crippen LogP contribution in [0, 0.1) is 11.8 Å². The van der Waals surface area contributed by atoms with Crippen molar-refractivity contribution in [2.75, 3.05) is 19.6 Å². The average molecular weight is 249 g/mol. The first-order valence-corrected chi connectivity index (χ1v) is 7.32. The summed E-state index contributed by atoms with van der Waals surface area (Å²) in [6, 6.07) is 0. The van der Waals surface area contributed by atoms with Crippen molar-refractivity contribution in [2.45, 2.75) is 58.0 Å². The van der Waals surface area contributed by atoms with Gasteiger partial charge in [-0.05, 0) is 38.8 Å². The molecule has 1 heterocycles. The summed E-state index contributed by atoms with van der Waals surface area (Å²) in [4.78, 5) is 2.41. The number of nitrogens with zero attached hydrogens (tertiary/aromatic N) is 1. The van der Waals surface area contributed by atoms with Gasteiger partial charge < -0.3 is 5.11 Å². The Hall–Kier alpha value is -0.780. The summed E-state index contributed by atoms with van der Waals surface area (Å²) in [5, 5.41) is 9.70. The maximum atomic E-state index is 9.70. The highest BCUT2D eigenvalue weighted by Crippen LogP contribution is 2.09. The van der Waals surface area contributed by atoms with Gasteiger partial charge in [-0.1, -0.05) is 44.6 Å². The molecule has 1 unspecified atom stereocenters. The van der Waals surface area contributed by atoms with Gasteiger partial charge in [-0.2, -0.15) is 0 Å². The fraction of sp³-hybridized carbons (Fsp3) is 0.750. The second-order valence-corrected chi connectivity index (χ2v) is 5.22. The van der Waals surface area contributed by atoms with Crippen molar-refractivity contribution >= 4 is 0 Å². The highest BCUT2D eigenvalue weighted by Gasteiger charge is 2.09. The maximum Gasteiger partial charge on any atom is 0.115 e. The lowest BCUT2D eigenvalue weighted by Crippen LogP contribution is -2.31. The fourth-order valence-corrected chi connectivity index (χ4v) is 2.27. The van der Waals surface area contributed by atoms with Crippen LogP contribution in [0.25, 0.3) is 0 Å². The van der Waals surface area contributed by atoms with Crippen LogP contribution in [0.2, 0.25) is 0 Å². The normalized spacial score (nSPS) is 17.9. The largest absolute Gasteiger partial charge is 0.380 e. The van der Waals surface area contributed by atoms with E-state index in [2.05, 4.69) is 30.2 Å². The van der Waals surface area contributed by atoms with E-state index in [4.69, 9.17) is 0 Å². The van der Waals surface area contributed by atoms with Crippen LogP contribution < -0.4 is 0 Å². The van der Waals surface area contributed by atoms with Crippen LogP contribution in [0.4, 0.5) is 0 Å². The lowest BCUT2D eigenvalue weighted by molar-refractivity contribution is 0.217. The standard InChI is InChI=1S/C16H27NO/c1-3-4-6-9-16(18)11-10-15(2)14-17-12-7-5-8-13-17/h16,18H,2-9,12-14H2,1H3. The molecule has 0 aromatic rings. The lowest BCUT2D eigenvalue weighted by atomic mass is 10.1. The Kier molecular flexibility index (Phi) is 7.80. The third kappa shape index (κ3) is 6.83. The zero-order valence-corrected chi connectivity index (χ0v) is 11.7. The molecule has 0 saturated carbocycles. The highest BCUT2D eigenvalue weighted by atomic mass is 16.3. The molecular formula is C16H27NO. The van der Waals surface area contributed by atoms with Crippen molar-refractivity contribution in [3.05, 3.63) is 12.2 Å². The van der Waals surface area contributed by atoms with Crippen molar-refractivity contribution in [3.63, 3.8) is 0 Å². The third-order valence-corrected chi connectivity index (χ3v) is 3.36. The minimum absolute atomic E-state index is 0.477. The summed E-state index contributed by atoms with van der Waals surface area (Å²) in [6.45, 7) is 9.36. The molecule has 0 aromatic heterocycles. The summed E-state index contributed by atoms with van der Waals surface area (Å²) in [5.41, 5.74) is 0.937. The number of piperidine rings is 1. The summed E-state index contributed by atoms with van der Waals surface area (Å²) < 4.78 is 0. The Morgan fingerprint density at radius 2 is 2.00 bits per heavy atom. The highest BCUT2D eigenvalue weighted by molar-refractivity contribution is 5.28. The van der Waals surface area contributed by atoms with Crippen molar-refractivity contribution < 1.29 is 5.11 Å². The quantitative estimate of drug-likeness (QED) is 0.578.